The highest BCUT2D eigenvalue weighted by Gasteiger charge is 2.18. The lowest BCUT2D eigenvalue weighted by atomic mass is 10.2. The number of benzene rings is 12. The van der Waals surface area contributed by atoms with E-state index >= 15 is 0 Å². The molecule has 0 aliphatic heterocycles. The van der Waals surface area contributed by atoms with Crippen molar-refractivity contribution in [2.45, 2.75) is 83.1 Å². The first-order valence-corrected chi connectivity index (χ1v) is 32.1. The molecule has 0 fully saturated rings. The van der Waals surface area contributed by atoms with Crippen LogP contribution in [0.2, 0.25) is 0 Å². The van der Waals surface area contributed by atoms with Crippen LogP contribution in [-0.4, -0.2) is 0 Å². The summed E-state index contributed by atoms with van der Waals surface area (Å²) < 4.78 is 368. The highest BCUT2D eigenvalue weighted by atomic mass is 19.2. The van der Waals surface area contributed by atoms with Crippen molar-refractivity contribution in [1.82, 2.24) is 0 Å². The molecule has 0 amide bonds. The predicted molar refractivity (Wildman–Crippen MR) is 373 cm³/mol. The maximum atomic E-state index is 12.4. The molecule has 0 heterocycles. The summed E-state index contributed by atoms with van der Waals surface area (Å²) in [5.74, 6) is -32.2. The number of hydrogen-bond donors (Lipinski definition) is 0. The molecule has 0 aliphatic carbocycles. The molecule has 12 rings (SSSR count). The first-order valence-electron chi connectivity index (χ1n) is 32.1. The Kier molecular flexibility index (Phi) is 43.3. The number of aryl methyl sites for hydroxylation is 10. The minimum atomic E-state index is -1.77. The van der Waals surface area contributed by atoms with E-state index in [0.717, 1.165) is 86.0 Å². The molecule has 0 saturated heterocycles. The van der Waals surface area contributed by atoms with E-state index in [2.05, 4.69) is 0 Å². The summed E-state index contributed by atoms with van der Waals surface area (Å²) in [6.07, 6.45) is 0. The molecule has 0 aromatic heterocycles. The summed E-state index contributed by atoms with van der Waals surface area (Å²) in [5, 5.41) is 0. The second-order valence-corrected chi connectivity index (χ2v) is 23.4. The minimum absolute atomic E-state index is 0.110. The second kappa shape index (κ2) is 49.1. The van der Waals surface area contributed by atoms with E-state index in [0.29, 0.717) is 40.5 Å². The van der Waals surface area contributed by atoms with Crippen LogP contribution in [0.3, 0.4) is 0 Å². The van der Waals surface area contributed by atoms with Crippen LogP contribution in [-0.2, 0) is 0 Å². The third-order valence-electron chi connectivity index (χ3n) is 13.9. The predicted octanol–water partition coefficient (Wildman–Crippen LogP) is 28.1. The van der Waals surface area contributed by atoms with Gasteiger partial charge >= 0.3 is 0 Å². The van der Waals surface area contributed by atoms with Gasteiger partial charge < -0.3 is 0 Å². The molecule has 12 aromatic rings. The highest BCUT2D eigenvalue weighted by molar-refractivity contribution is 5.26. The standard InChI is InChI=1S/3C7H4F4.3C7H5F3.3C7H6F2.3C7H7F/c1-3-6(10)4(8)2-5(9)7(3)11;1-3-4(8)2-5(9)7(11)6(3)10;1-3-2-4(8)6(10)7(11)5(3)9;1-4-2-6(9)7(10)3-5(4)8;1-4-2-5(8)7(10)6(9)3-4;1-4-2-3-5(8)7(10)6(4)9;1-5-2-3-6(8)4-7(5)9;1-5-2-3-6(8)7(9)4-5;1-5-3-2-4-6(8)7(5)9;1-6-2-4-7(8)5-3-6;1-6-3-2-4-7(8)5-6;1-6-4-2-3-5-7(6)8/h3*2H,1H3;3*2-3H,1H3;3*2-4H,1H3;3*2-5H,1H3. The molecule has 114 heavy (non-hydrogen) atoms. The van der Waals surface area contributed by atoms with Gasteiger partial charge in [0.1, 0.15) is 40.7 Å². The van der Waals surface area contributed by atoms with Crippen molar-refractivity contribution in [3.63, 3.8) is 0 Å². The van der Waals surface area contributed by atoms with E-state index in [9.17, 15) is 132 Å². The summed E-state index contributed by atoms with van der Waals surface area (Å²) in [5.41, 5.74) is 3.49. The van der Waals surface area contributed by atoms with Crippen LogP contribution < -0.4 is 0 Å². The zero-order valence-electron chi connectivity index (χ0n) is 61.7. The molecule has 612 valence electrons. The fourth-order valence-electron chi connectivity index (χ4n) is 7.44. The fourth-order valence-corrected chi connectivity index (χ4v) is 7.44. The lowest BCUT2D eigenvalue weighted by Crippen LogP contribution is -1.97. The van der Waals surface area contributed by atoms with Crippen molar-refractivity contribution < 1.29 is 132 Å². The summed E-state index contributed by atoms with van der Waals surface area (Å²) in [7, 11) is 0. The largest absolute Gasteiger partial charge is 0.207 e. The van der Waals surface area contributed by atoms with Crippen molar-refractivity contribution in [2.24, 2.45) is 0 Å². The van der Waals surface area contributed by atoms with Crippen LogP contribution in [0.25, 0.3) is 0 Å². The van der Waals surface area contributed by atoms with E-state index < -0.39 is 168 Å². The maximum absolute atomic E-state index is 12.4. The van der Waals surface area contributed by atoms with E-state index in [1.54, 1.807) is 51.1 Å². The molecule has 0 atom stereocenters. The smallest absolute Gasteiger partial charge is 0.197 e. The number of rotatable bonds is 0. The molecule has 0 spiro atoms. The molecule has 0 nitrogen and oxygen atoms in total. The van der Waals surface area contributed by atoms with Gasteiger partial charge in [-0.2, -0.15) is 0 Å². The van der Waals surface area contributed by atoms with Crippen LogP contribution in [0, 0.1) is 258 Å². The topological polar surface area (TPSA) is 0 Å². The first kappa shape index (κ1) is 101. The average Bonchev–Trinajstić information content (AvgIpc) is 0.829. The molecule has 12 aromatic carbocycles. The Morgan fingerprint density at radius 1 is 0.132 bits per heavy atom. The Morgan fingerprint density at radius 2 is 0.482 bits per heavy atom. The molecule has 0 radical (unpaired) electrons. The fraction of sp³-hybridized carbons (Fsp3) is 0.143. The molecule has 0 aliphatic rings. The van der Waals surface area contributed by atoms with Gasteiger partial charge in [-0.3, -0.25) is 0 Å². The summed E-state index contributed by atoms with van der Waals surface area (Å²) in [4.78, 5) is 0. The van der Waals surface area contributed by atoms with Crippen LogP contribution >= 0.6 is 0 Å². The Labute approximate surface area is 635 Å². The lowest BCUT2D eigenvalue weighted by molar-refractivity contribution is 0.406. The Morgan fingerprint density at radius 3 is 0.930 bits per heavy atom. The maximum Gasteiger partial charge on any atom is 0.197 e. The van der Waals surface area contributed by atoms with E-state index in [4.69, 9.17) is 0 Å². The molecular formula is C84H66F30. The molecule has 0 unspecified atom stereocenters. The van der Waals surface area contributed by atoms with Gasteiger partial charge in [0.2, 0.25) is 0 Å². The van der Waals surface area contributed by atoms with Gasteiger partial charge in [0, 0.05) is 35.4 Å². The third-order valence-corrected chi connectivity index (χ3v) is 13.9. The monoisotopic (exact) mass is 1640 g/mol. The van der Waals surface area contributed by atoms with Crippen molar-refractivity contribution in [3.8, 4) is 0 Å². The summed E-state index contributed by atoms with van der Waals surface area (Å²) in [6, 6.07) is 37.4. The Hall–Kier alpha value is -11.5. The van der Waals surface area contributed by atoms with Crippen LogP contribution in [0.15, 0.2) is 182 Å². The zero-order chi connectivity index (χ0) is 87.5. The normalized spacial score (nSPS) is 9.84. The first-order chi connectivity index (χ1) is 52.9. The van der Waals surface area contributed by atoms with Crippen molar-refractivity contribution in [1.29, 1.82) is 0 Å². The quantitative estimate of drug-likeness (QED) is 0.0806. The van der Waals surface area contributed by atoms with Gasteiger partial charge in [-0.15, -0.1) is 0 Å². The van der Waals surface area contributed by atoms with Crippen LogP contribution in [0.1, 0.15) is 66.8 Å². The van der Waals surface area contributed by atoms with Crippen molar-refractivity contribution in [2.75, 3.05) is 0 Å². The molecule has 0 saturated carbocycles. The molecule has 30 heteroatoms. The van der Waals surface area contributed by atoms with Gasteiger partial charge in [-0.05, 0) is 218 Å². The Bertz CT molecular complexity index is 4630. The highest BCUT2D eigenvalue weighted by Crippen LogP contribution is 2.22. The Balaban J connectivity index is 0.000000623. The summed E-state index contributed by atoms with van der Waals surface area (Å²) in [6.45, 7) is 17.8. The van der Waals surface area contributed by atoms with E-state index in [1.165, 1.54) is 94.4 Å². The number of halogens is 30. The SMILES string of the molecule is Cc1c(F)c(F)cc(F)c1F.Cc1c(F)cc(F)c(F)c1F.Cc1cc(F)c(F)c(F)c1.Cc1cc(F)c(F)c(F)c1F.Cc1cc(F)c(F)cc1F.Cc1ccc(F)c(F)c1.Cc1ccc(F)c(F)c1F.Cc1ccc(F)cc1.Cc1ccc(F)cc1F.Cc1cccc(F)c1.Cc1cccc(F)c1F.Cc1ccccc1F. The second-order valence-electron chi connectivity index (χ2n) is 23.4. The van der Waals surface area contributed by atoms with E-state index in [-0.39, 0.29) is 40.2 Å². The van der Waals surface area contributed by atoms with Gasteiger partial charge in [0.25, 0.3) is 0 Å². The average molecular weight is 1650 g/mol. The van der Waals surface area contributed by atoms with Crippen LogP contribution in [0.4, 0.5) is 132 Å². The number of hydrogen-bond acceptors (Lipinski definition) is 0. The van der Waals surface area contributed by atoms with Crippen LogP contribution in [0.5, 0.6) is 0 Å². The van der Waals surface area contributed by atoms with Crippen molar-refractivity contribution in [3.05, 3.63) is 423 Å². The van der Waals surface area contributed by atoms with Gasteiger partial charge in [-0.1, -0.05) is 78.4 Å². The van der Waals surface area contributed by atoms with Crippen molar-refractivity contribution >= 4 is 0 Å². The minimum Gasteiger partial charge on any atom is -0.207 e. The van der Waals surface area contributed by atoms with E-state index in [1.807, 2.05) is 26.0 Å². The zero-order valence-corrected chi connectivity index (χ0v) is 61.7. The molecular weight excluding hydrogens is 1580 g/mol. The lowest BCUT2D eigenvalue weighted by Gasteiger charge is -1.99. The van der Waals surface area contributed by atoms with Gasteiger partial charge in [0.15, 0.2) is 134 Å². The molecule has 0 bridgehead atoms. The molecule has 0 N–H and O–H groups in total. The third kappa shape index (κ3) is 35.1. The summed E-state index contributed by atoms with van der Waals surface area (Å²) >= 11 is 0. The van der Waals surface area contributed by atoms with Gasteiger partial charge in [-0.25, -0.2) is 132 Å². The van der Waals surface area contributed by atoms with Gasteiger partial charge in [0.05, 0.1) is 0 Å².